The molecule has 3 rings (SSSR count). The quantitative estimate of drug-likeness (QED) is 0.694. The zero-order chi connectivity index (χ0) is 18.3. The third kappa shape index (κ3) is 5.92. The fraction of sp³-hybridized carbons (Fsp3) is 0.0625. The molecule has 0 spiro atoms. The van der Waals surface area contributed by atoms with Gasteiger partial charge in [0.2, 0.25) is 11.9 Å². The van der Waals surface area contributed by atoms with Crippen molar-refractivity contribution in [1.29, 1.82) is 0 Å². The van der Waals surface area contributed by atoms with Gasteiger partial charge >= 0.3 is 6.18 Å². The van der Waals surface area contributed by atoms with E-state index in [-0.39, 0.29) is 5.95 Å². The third-order valence-electron chi connectivity index (χ3n) is 2.81. The minimum atomic E-state index is -4.21. The Hall–Kier alpha value is -2.87. The number of hydrogen-bond donors (Lipinski definition) is 2. The Morgan fingerprint density at radius 3 is 2.12 bits per heavy atom. The van der Waals surface area contributed by atoms with Gasteiger partial charge in [-0.15, -0.1) is 0 Å². The third-order valence-corrected chi connectivity index (χ3v) is 3.14. The molecule has 0 saturated heterocycles. The predicted molar refractivity (Wildman–Crippen MR) is 90.4 cm³/mol. The Morgan fingerprint density at radius 1 is 0.920 bits per heavy atom. The maximum atomic E-state index is 11.8. The molecule has 1 heterocycles. The van der Waals surface area contributed by atoms with Crippen molar-refractivity contribution in [2.24, 2.45) is 0 Å². The number of hydrogen-bond acceptors (Lipinski definition) is 5. The molecule has 1 aromatic heterocycles. The van der Waals surface area contributed by atoms with E-state index in [0.29, 0.717) is 11.0 Å². The van der Waals surface area contributed by atoms with Crippen molar-refractivity contribution in [3.8, 4) is 0 Å². The Morgan fingerprint density at radius 2 is 1.56 bits per heavy atom. The molecule has 0 aliphatic rings. The number of alkyl halides is 3. The fourth-order valence-electron chi connectivity index (χ4n) is 1.68. The number of anilines is 3. The van der Waals surface area contributed by atoms with Crippen LogP contribution in [-0.2, 0) is 6.18 Å². The average Bonchev–Trinajstić information content (AvgIpc) is 2.58. The van der Waals surface area contributed by atoms with Crippen molar-refractivity contribution < 1.29 is 13.2 Å². The van der Waals surface area contributed by atoms with Gasteiger partial charge in [-0.25, -0.2) is 9.97 Å². The van der Waals surface area contributed by atoms with Crippen LogP contribution in [-0.4, -0.2) is 15.0 Å². The summed E-state index contributed by atoms with van der Waals surface area (Å²) in [6.07, 6.45) is -2.87. The number of nitrogens with two attached hydrogens (primary N) is 1. The lowest BCUT2D eigenvalue weighted by Crippen LogP contribution is -2.03. The van der Waals surface area contributed by atoms with Crippen molar-refractivity contribution in [1.82, 2.24) is 15.0 Å². The largest absolute Gasteiger partial charge is 0.416 e. The van der Waals surface area contributed by atoms with Crippen molar-refractivity contribution in [2.75, 3.05) is 11.1 Å². The Kier molecular flexibility index (Phi) is 6.13. The second kappa shape index (κ2) is 8.29. The lowest BCUT2D eigenvalue weighted by Gasteiger charge is -2.05. The highest BCUT2D eigenvalue weighted by Crippen LogP contribution is 2.28. The minimum Gasteiger partial charge on any atom is -0.368 e. The highest BCUT2D eigenvalue weighted by atomic mass is 35.5. The van der Waals surface area contributed by atoms with Gasteiger partial charge in [0.1, 0.15) is 6.33 Å². The first-order chi connectivity index (χ1) is 11.9. The summed E-state index contributed by atoms with van der Waals surface area (Å²) < 4.78 is 35.4. The molecule has 0 aliphatic carbocycles. The van der Waals surface area contributed by atoms with Gasteiger partial charge in [-0.3, -0.25) is 0 Å². The summed E-state index contributed by atoms with van der Waals surface area (Å²) in [6, 6.07) is 13.7. The van der Waals surface area contributed by atoms with Crippen LogP contribution in [0.5, 0.6) is 0 Å². The van der Waals surface area contributed by atoms with Crippen molar-refractivity contribution in [2.45, 2.75) is 6.18 Å². The molecular weight excluding hydrogens is 355 g/mol. The molecule has 25 heavy (non-hydrogen) atoms. The van der Waals surface area contributed by atoms with Crippen molar-refractivity contribution in [3.05, 3.63) is 71.5 Å². The summed E-state index contributed by atoms with van der Waals surface area (Å²) in [6.45, 7) is 0. The van der Waals surface area contributed by atoms with E-state index in [1.54, 1.807) is 12.1 Å². The molecule has 0 radical (unpaired) electrons. The lowest BCUT2D eigenvalue weighted by molar-refractivity contribution is -0.137. The molecule has 3 N–H and O–H groups in total. The lowest BCUT2D eigenvalue weighted by atomic mass is 10.2. The van der Waals surface area contributed by atoms with Crippen molar-refractivity contribution in [3.63, 3.8) is 0 Å². The van der Waals surface area contributed by atoms with Gasteiger partial charge in [-0.05, 0) is 12.1 Å². The number of rotatable bonds is 2. The molecule has 0 unspecified atom stereocenters. The van der Waals surface area contributed by atoms with Gasteiger partial charge in [0.25, 0.3) is 0 Å². The van der Waals surface area contributed by atoms with Gasteiger partial charge < -0.3 is 11.1 Å². The summed E-state index contributed by atoms with van der Waals surface area (Å²) in [5.74, 6) is 0.537. The number of para-hydroxylation sites is 1. The van der Waals surface area contributed by atoms with Gasteiger partial charge in [0.05, 0.1) is 16.3 Å². The first-order valence-corrected chi connectivity index (χ1v) is 7.32. The van der Waals surface area contributed by atoms with Crippen LogP contribution < -0.4 is 11.1 Å². The SMILES string of the molecule is FC(F)(F)c1ccccc1.Nc1ncnc(Nc2ccccc2Cl)n1. The summed E-state index contributed by atoms with van der Waals surface area (Å²) in [4.78, 5) is 11.5. The van der Waals surface area contributed by atoms with Gasteiger partial charge in [-0.2, -0.15) is 18.2 Å². The van der Waals surface area contributed by atoms with Crippen LogP contribution in [0.2, 0.25) is 5.02 Å². The normalized spacial score (nSPS) is 10.6. The number of nitrogens with zero attached hydrogens (tertiary/aromatic N) is 3. The molecule has 130 valence electrons. The smallest absolute Gasteiger partial charge is 0.368 e. The molecule has 0 fully saturated rings. The number of nitrogens with one attached hydrogen (secondary N) is 1. The zero-order valence-corrected chi connectivity index (χ0v) is 13.5. The summed E-state index contributed by atoms with van der Waals surface area (Å²) in [5.41, 5.74) is 5.54. The van der Waals surface area contributed by atoms with E-state index >= 15 is 0 Å². The van der Waals surface area contributed by atoms with E-state index in [0.717, 1.165) is 17.8 Å². The van der Waals surface area contributed by atoms with E-state index in [1.165, 1.54) is 18.5 Å². The minimum absolute atomic E-state index is 0.166. The molecule has 3 aromatic rings. The van der Waals surface area contributed by atoms with Gasteiger partial charge in [0, 0.05) is 0 Å². The van der Waals surface area contributed by atoms with Crippen molar-refractivity contribution >= 4 is 29.2 Å². The molecule has 9 heteroatoms. The van der Waals surface area contributed by atoms with Crippen LogP contribution in [0.4, 0.5) is 30.8 Å². The second-order valence-corrected chi connectivity index (χ2v) is 5.04. The molecule has 0 amide bonds. The molecule has 0 atom stereocenters. The van der Waals surface area contributed by atoms with E-state index < -0.39 is 11.7 Å². The summed E-state index contributed by atoms with van der Waals surface area (Å²) >= 11 is 5.95. The molecule has 0 bridgehead atoms. The van der Waals surface area contributed by atoms with Gasteiger partial charge in [-0.1, -0.05) is 54.1 Å². The molecular formula is C16H13ClF3N5. The van der Waals surface area contributed by atoms with E-state index in [2.05, 4.69) is 20.3 Å². The first-order valence-electron chi connectivity index (χ1n) is 6.94. The monoisotopic (exact) mass is 367 g/mol. The Labute approximate surface area is 146 Å². The Bertz CT molecular complexity index is 812. The molecule has 5 nitrogen and oxygen atoms in total. The topological polar surface area (TPSA) is 76.7 Å². The molecule has 2 aromatic carbocycles. The average molecular weight is 368 g/mol. The summed E-state index contributed by atoms with van der Waals surface area (Å²) in [5, 5.41) is 3.53. The van der Waals surface area contributed by atoms with E-state index in [4.69, 9.17) is 17.3 Å². The zero-order valence-electron chi connectivity index (χ0n) is 12.7. The van der Waals surface area contributed by atoms with Crippen LogP contribution in [0, 0.1) is 0 Å². The van der Waals surface area contributed by atoms with E-state index in [9.17, 15) is 13.2 Å². The Balaban J connectivity index is 0.000000196. The standard InChI is InChI=1S/C9H8ClN5.C7H5F3/c10-6-3-1-2-4-7(6)14-9-13-5-12-8(11)15-9;8-7(9,10)6-4-2-1-3-5-6/h1-5H,(H3,11,12,13,14,15);1-5H. The number of aromatic nitrogens is 3. The number of halogens is 4. The summed E-state index contributed by atoms with van der Waals surface area (Å²) in [7, 11) is 0. The van der Waals surface area contributed by atoms with Crippen LogP contribution in [0.25, 0.3) is 0 Å². The van der Waals surface area contributed by atoms with E-state index in [1.807, 2.05) is 18.2 Å². The van der Waals surface area contributed by atoms with Crippen LogP contribution >= 0.6 is 11.6 Å². The fourth-order valence-corrected chi connectivity index (χ4v) is 1.86. The first kappa shape index (κ1) is 18.5. The molecule has 0 saturated carbocycles. The van der Waals surface area contributed by atoms with Gasteiger partial charge in [0.15, 0.2) is 0 Å². The maximum absolute atomic E-state index is 11.8. The highest BCUT2D eigenvalue weighted by Gasteiger charge is 2.29. The predicted octanol–water partition coefficient (Wildman–Crippen LogP) is 4.56. The number of benzene rings is 2. The second-order valence-electron chi connectivity index (χ2n) is 4.64. The number of nitrogen functional groups attached to an aromatic ring is 1. The highest BCUT2D eigenvalue weighted by molar-refractivity contribution is 6.33. The van der Waals surface area contributed by atoms with Crippen LogP contribution in [0.1, 0.15) is 5.56 Å². The van der Waals surface area contributed by atoms with Crippen LogP contribution in [0.15, 0.2) is 60.9 Å². The van der Waals surface area contributed by atoms with Crippen LogP contribution in [0.3, 0.4) is 0 Å². The molecule has 0 aliphatic heterocycles. The maximum Gasteiger partial charge on any atom is 0.416 e.